The van der Waals surface area contributed by atoms with Gasteiger partial charge >= 0.3 is 0 Å². The van der Waals surface area contributed by atoms with Crippen LogP contribution in [0.2, 0.25) is 0 Å². The summed E-state index contributed by atoms with van der Waals surface area (Å²) in [6.45, 7) is 11.2. The number of nitrogens with zero attached hydrogens (tertiary/aromatic N) is 1. The maximum atomic E-state index is 3.57. The fourth-order valence-electron chi connectivity index (χ4n) is 3.83. The highest BCUT2D eigenvalue weighted by molar-refractivity contribution is 8.00. The highest BCUT2D eigenvalue weighted by Gasteiger charge is 2.35. The van der Waals surface area contributed by atoms with Gasteiger partial charge in [-0.15, -0.1) is 0 Å². The van der Waals surface area contributed by atoms with E-state index >= 15 is 0 Å². The molecule has 1 saturated carbocycles. The summed E-state index contributed by atoms with van der Waals surface area (Å²) in [6.07, 6.45) is 5.45. The van der Waals surface area contributed by atoms with Crippen LogP contribution in [0.4, 0.5) is 0 Å². The normalized spacial score (nSPS) is 36.3. The maximum absolute atomic E-state index is 3.57. The van der Waals surface area contributed by atoms with E-state index in [1.54, 1.807) is 0 Å². The quantitative estimate of drug-likeness (QED) is 0.853. The largest absolute Gasteiger partial charge is 0.317 e. The van der Waals surface area contributed by atoms with E-state index in [9.17, 15) is 0 Å². The van der Waals surface area contributed by atoms with Crippen LogP contribution < -0.4 is 5.32 Å². The Balaban J connectivity index is 1.91. The van der Waals surface area contributed by atoms with E-state index in [1.807, 2.05) is 0 Å². The molecule has 1 saturated heterocycles. The molecule has 0 aromatic heterocycles. The lowest BCUT2D eigenvalue weighted by Crippen LogP contribution is -2.49. The smallest absolute Gasteiger partial charge is 0.0172 e. The minimum absolute atomic E-state index is 0.548. The summed E-state index contributed by atoms with van der Waals surface area (Å²) in [5.41, 5.74) is 0.548. The summed E-state index contributed by atoms with van der Waals surface area (Å²) in [5.74, 6) is 2.17. The first-order chi connectivity index (χ1) is 9.04. The first kappa shape index (κ1) is 15.7. The van der Waals surface area contributed by atoms with Gasteiger partial charge in [-0.05, 0) is 44.1 Å². The van der Waals surface area contributed by atoms with Crippen molar-refractivity contribution in [1.82, 2.24) is 10.2 Å². The van der Waals surface area contributed by atoms with Crippen LogP contribution in [0.25, 0.3) is 0 Å². The van der Waals surface area contributed by atoms with E-state index < -0.39 is 0 Å². The third-order valence-electron chi connectivity index (χ3n) is 5.06. The topological polar surface area (TPSA) is 15.3 Å². The molecule has 0 aromatic rings. The van der Waals surface area contributed by atoms with Crippen LogP contribution >= 0.6 is 11.8 Å². The Morgan fingerprint density at radius 3 is 2.84 bits per heavy atom. The van der Waals surface area contributed by atoms with Gasteiger partial charge in [-0.1, -0.05) is 20.8 Å². The number of hydrogen-bond donors (Lipinski definition) is 1. The summed E-state index contributed by atoms with van der Waals surface area (Å²) < 4.78 is 0. The van der Waals surface area contributed by atoms with Crippen molar-refractivity contribution >= 4 is 11.8 Å². The van der Waals surface area contributed by atoms with Gasteiger partial charge in [0, 0.05) is 36.7 Å². The molecular weight excluding hydrogens is 252 g/mol. The molecule has 2 rings (SSSR count). The highest BCUT2D eigenvalue weighted by atomic mass is 32.2. The SMILES string of the molecule is CCC1CN(CC2CC(C)(C)CCC2NC)CCS1. The maximum Gasteiger partial charge on any atom is 0.0172 e. The Hall–Kier alpha value is 0.270. The molecule has 1 heterocycles. The van der Waals surface area contributed by atoms with E-state index in [0.717, 1.165) is 17.2 Å². The Kier molecular flexibility index (Phi) is 5.62. The van der Waals surface area contributed by atoms with Gasteiger partial charge < -0.3 is 10.2 Å². The second kappa shape index (κ2) is 6.82. The average Bonchev–Trinajstić information content (AvgIpc) is 2.38. The Morgan fingerprint density at radius 1 is 1.37 bits per heavy atom. The van der Waals surface area contributed by atoms with Gasteiger partial charge in [-0.25, -0.2) is 0 Å². The van der Waals surface area contributed by atoms with Crippen molar-refractivity contribution in [3.63, 3.8) is 0 Å². The van der Waals surface area contributed by atoms with Crippen molar-refractivity contribution in [3.05, 3.63) is 0 Å². The molecule has 3 unspecified atom stereocenters. The van der Waals surface area contributed by atoms with Crippen LogP contribution in [0, 0.1) is 11.3 Å². The van der Waals surface area contributed by atoms with E-state index in [1.165, 1.54) is 51.1 Å². The third kappa shape index (κ3) is 4.37. The van der Waals surface area contributed by atoms with Gasteiger partial charge in [0.1, 0.15) is 0 Å². The van der Waals surface area contributed by atoms with Gasteiger partial charge in [0.05, 0.1) is 0 Å². The minimum Gasteiger partial charge on any atom is -0.317 e. The third-order valence-corrected chi connectivity index (χ3v) is 6.43. The lowest BCUT2D eigenvalue weighted by Gasteiger charge is -2.44. The molecule has 1 aliphatic heterocycles. The number of nitrogens with one attached hydrogen (secondary N) is 1. The Morgan fingerprint density at radius 2 is 2.16 bits per heavy atom. The molecule has 2 fully saturated rings. The molecule has 2 nitrogen and oxygen atoms in total. The van der Waals surface area contributed by atoms with Crippen LogP contribution in [-0.2, 0) is 0 Å². The predicted molar refractivity (Wildman–Crippen MR) is 86.9 cm³/mol. The van der Waals surface area contributed by atoms with Gasteiger partial charge in [0.25, 0.3) is 0 Å². The zero-order chi connectivity index (χ0) is 13.9. The fraction of sp³-hybridized carbons (Fsp3) is 1.00. The van der Waals surface area contributed by atoms with E-state index in [0.29, 0.717) is 5.41 Å². The molecule has 1 aliphatic carbocycles. The second-order valence-electron chi connectivity index (χ2n) is 7.22. The molecule has 19 heavy (non-hydrogen) atoms. The lowest BCUT2D eigenvalue weighted by atomic mass is 9.69. The van der Waals surface area contributed by atoms with Gasteiger partial charge in [-0.3, -0.25) is 0 Å². The van der Waals surface area contributed by atoms with Crippen molar-refractivity contribution in [3.8, 4) is 0 Å². The first-order valence-corrected chi connectivity index (χ1v) is 9.10. The Labute approximate surface area is 124 Å². The molecule has 0 aromatic carbocycles. The van der Waals surface area contributed by atoms with Crippen LogP contribution in [0.3, 0.4) is 0 Å². The van der Waals surface area contributed by atoms with E-state index in [-0.39, 0.29) is 0 Å². The van der Waals surface area contributed by atoms with E-state index in [2.05, 4.69) is 49.8 Å². The van der Waals surface area contributed by atoms with Crippen LogP contribution in [0.1, 0.15) is 46.5 Å². The standard InChI is InChI=1S/C16H32N2S/c1-5-14-12-18(8-9-19-14)11-13-10-16(2,3)7-6-15(13)17-4/h13-15,17H,5-12H2,1-4H3. The summed E-state index contributed by atoms with van der Waals surface area (Å²) in [5, 5.41) is 4.45. The lowest BCUT2D eigenvalue weighted by molar-refractivity contribution is 0.104. The van der Waals surface area contributed by atoms with Gasteiger partial charge in [-0.2, -0.15) is 11.8 Å². The zero-order valence-corrected chi connectivity index (χ0v) is 14.1. The minimum atomic E-state index is 0.548. The Bertz CT molecular complexity index is 280. The van der Waals surface area contributed by atoms with Crippen molar-refractivity contribution in [1.29, 1.82) is 0 Å². The highest BCUT2D eigenvalue weighted by Crippen LogP contribution is 2.39. The molecule has 2 aliphatic rings. The fourth-order valence-corrected chi connectivity index (χ4v) is 5.08. The molecule has 0 radical (unpaired) electrons. The number of rotatable bonds is 4. The molecule has 0 amide bonds. The van der Waals surface area contributed by atoms with E-state index in [4.69, 9.17) is 0 Å². The predicted octanol–water partition coefficient (Wildman–Crippen LogP) is 3.23. The van der Waals surface area contributed by atoms with Crippen molar-refractivity contribution in [2.75, 3.05) is 32.4 Å². The first-order valence-electron chi connectivity index (χ1n) is 8.05. The van der Waals surface area contributed by atoms with Crippen LogP contribution in [-0.4, -0.2) is 48.6 Å². The molecule has 0 bridgehead atoms. The zero-order valence-electron chi connectivity index (χ0n) is 13.2. The van der Waals surface area contributed by atoms with Crippen molar-refractivity contribution in [2.24, 2.45) is 11.3 Å². The van der Waals surface area contributed by atoms with Crippen molar-refractivity contribution < 1.29 is 0 Å². The van der Waals surface area contributed by atoms with Crippen molar-refractivity contribution in [2.45, 2.75) is 57.7 Å². The molecule has 0 spiro atoms. The summed E-state index contributed by atoms with van der Waals surface area (Å²) >= 11 is 2.18. The summed E-state index contributed by atoms with van der Waals surface area (Å²) in [6, 6.07) is 0.739. The number of thioether (sulfide) groups is 1. The summed E-state index contributed by atoms with van der Waals surface area (Å²) in [7, 11) is 2.15. The molecule has 112 valence electrons. The molecule has 1 N–H and O–H groups in total. The van der Waals surface area contributed by atoms with Crippen LogP contribution in [0.5, 0.6) is 0 Å². The second-order valence-corrected chi connectivity index (χ2v) is 8.63. The molecule has 3 atom stereocenters. The number of hydrogen-bond acceptors (Lipinski definition) is 3. The van der Waals surface area contributed by atoms with Gasteiger partial charge in [0.15, 0.2) is 0 Å². The monoisotopic (exact) mass is 284 g/mol. The average molecular weight is 285 g/mol. The summed E-state index contributed by atoms with van der Waals surface area (Å²) in [4.78, 5) is 2.74. The van der Waals surface area contributed by atoms with Crippen LogP contribution in [0.15, 0.2) is 0 Å². The van der Waals surface area contributed by atoms with Gasteiger partial charge in [0.2, 0.25) is 0 Å². The molecular formula is C16H32N2S. The molecule has 3 heteroatoms.